The van der Waals surface area contributed by atoms with Gasteiger partial charge >= 0.3 is 0 Å². The summed E-state index contributed by atoms with van der Waals surface area (Å²) in [5, 5.41) is 23.5. The second-order valence-electron chi connectivity index (χ2n) is 10.4. The minimum atomic E-state index is -2.29. The van der Waals surface area contributed by atoms with Gasteiger partial charge in [0.25, 0.3) is 5.56 Å². The molecule has 0 saturated carbocycles. The van der Waals surface area contributed by atoms with Gasteiger partial charge in [0.1, 0.15) is 23.5 Å². The monoisotopic (exact) mass is 571 g/mol. The molecule has 42 heavy (non-hydrogen) atoms. The Kier molecular flexibility index (Phi) is 7.01. The van der Waals surface area contributed by atoms with E-state index in [1.165, 1.54) is 17.8 Å². The maximum Gasteiger partial charge on any atom is 0.280 e. The number of aromatic nitrogens is 4. The number of alkyl halides is 1. The van der Waals surface area contributed by atoms with Gasteiger partial charge in [-0.15, -0.1) is 0 Å². The van der Waals surface area contributed by atoms with Crippen molar-refractivity contribution in [2.75, 3.05) is 19.0 Å². The van der Waals surface area contributed by atoms with Crippen LogP contribution in [-0.2, 0) is 10.3 Å². The number of H-pyrrole nitrogens is 1. The summed E-state index contributed by atoms with van der Waals surface area (Å²) < 4.78 is 28.1. The van der Waals surface area contributed by atoms with Crippen LogP contribution in [0.15, 0.2) is 96.1 Å². The third-order valence-corrected chi connectivity index (χ3v) is 7.82. The minimum Gasteiger partial charge on any atom is -0.497 e. The molecule has 1 fully saturated rings. The fourth-order valence-electron chi connectivity index (χ4n) is 5.63. The summed E-state index contributed by atoms with van der Waals surface area (Å²) in [6.45, 7) is 0.596. The highest BCUT2D eigenvalue weighted by atomic mass is 19.1. The largest absolute Gasteiger partial charge is 0.497 e. The fraction of sp³-hybridized carbons (Fsp3) is 0.258. The normalized spacial score (nSPS) is 22.4. The molecule has 3 aromatic carbocycles. The van der Waals surface area contributed by atoms with Gasteiger partial charge in [0.05, 0.1) is 20.0 Å². The smallest absolute Gasteiger partial charge is 0.280 e. The average Bonchev–Trinajstić information content (AvgIpc) is 3.54. The molecule has 0 radical (unpaired) electrons. The molecule has 2 aromatic heterocycles. The molecule has 0 bridgehead atoms. The van der Waals surface area contributed by atoms with E-state index in [9.17, 15) is 15.0 Å². The van der Waals surface area contributed by atoms with Crippen LogP contribution in [0.5, 0.6) is 5.75 Å². The summed E-state index contributed by atoms with van der Waals surface area (Å²) in [6.07, 6.45) is -2.88. The van der Waals surface area contributed by atoms with Gasteiger partial charge in [-0.05, 0) is 35.7 Å². The van der Waals surface area contributed by atoms with E-state index in [-0.39, 0.29) is 17.1 Å². The molecular formula is C31H30FN5O5. The van der Waals surface area contributed by atoms with Crippen LogP contribution in [0.25, 0.3) is 11.2 Å². The van der Waals surface area contributed by atoms with Crippen molar-refractivity contribution in [3.8, 4) is 5.75 Å². The average molecular weight is 572 g/mol. The Morgan fingerprint density at radius 2 is 1.64 bits per heavy atom. The van der Waals surface area contributed by atoms with Crippen molar-refractivity contribution in [3.63, 3.8) is 0 Å². The van der Waals surface area contributed by atoms with Crippen molar-refractivity contribution in [1.82, 2.24) is 19.5 Å². The van der Waals surface area contributed by atoms with Gasteiger partial charge in [0.2, 0.25) is 5.95 Å². The Morgan fingerprint density at radius 3 is 2.19 bits per heavy atom. The Labute approximate surface area is 240 Å². The van der Waals surface area contributed by atoms with Crippen molar-refractivity contribution < 1.29 is 24.1 Å². The molecule has 10 nitrogen and oxygen atoms in total. The van der Waals surface area contributed by atoms with Crippen LogP contribution in [0.3, 0.4) is 0 Å². The van der Waals surface area contributed by atoms with Crippen molar-refractivity contribution in [2.24, 2.45) is 0 Å². The molecule has 1 saturated heterocycles. The molecule has 0 unspecified atom stereocenters. The summed E-state index contributed by atoms with van der Waals surface area (Å²) in [5.41, 5.74) is -1.31. The molecule has 1 aliphatic heterocycles. The standard InChI is InChI=1S/C31H30FN5O5/c1-30(32)25(39)23(17-38)42-28(30)37-18-33-24-26(37)34-29(35-27(24)40)36-31(19-9-5-3-6-10-19,20-11-7-4-8-12-20)21-13-15-22(41-2)16-14-21/h3-16,18,23,25,28,38-39H,17H2,1-2H3,(H2,34,35,36,40)/t23-,25-,28+,30-/m1/s1. The summed E-state index contributed by atoms with van der Waals surface area (Å²) in [6, 6.07) is 27.0. The lowest BCUT2D eigenvalue weighted by Gasteiger charge is -2.37. The van der Waals surface area contributed by atoms with E-state index in [2.05, 4.69) is 15.3 Å². The van der Waals surface area contributed by atoms with E-state index in [1.54, 1.807) is 7.11 Å². The van der Waals surface area contributed by atoms with Crippen LogP contribution in [0.1, 0.15) is 29.8 Å². The fourth-order valence-corrected chi connectivity index (χ4v) is 5.63. The third kappa shape index (κ3) is 4.42. The van der Waals surface area contributed by atoms with E-state index in [4.69, 9.17) is 14.5 Å². The Bertz CT molecular complexity index is 1700. The van der Waals surface area contributed by atoms with Gasteiger partial charge in [0, 0.05) is 0 Å². The zero-order chi connectivity index (χ0) is 29.5. The molecule has 216 valence electrons. The molecule has 11 heteroatoms. The SMILES string of the molecule is COc1ccc(C(Nc2nc3c(ncn3[C@H]3O[C@H](CO)[C@@H](O)[C@@]3(C)F)c(=O)[nH]2)(c2ccccc2)c2ccccc2)cc1. The Morgan fingerprint density at radius 1 is 1.05 bits per heavy atom. The highest BCUT2D eigenvalue weighted by Gasteiger charge is 2.55. The highest BCUT2D eigenvalue weighted by molar-refractivity contribution is 5.71. The van der Waals surface area contributed by atoms with E-state index < -0.39 is 41.8 Å². The zero-order valence-corrected chi connectivity index (χ0v) is 22.9. The molecule has 0 spiro atoms. The number of imidazole rings is 1. The lowest BCUT2D eigenvalue weighted by molar-refractivity contribution is -0.0566. The number of halogens is 1. The number of nitrogens with zero attached hydrogens (tertiary/aromatic N) is 3. The molecule has 4 atom stereocenters. The molecule has 0 amide bonds. The van der Waals surface area contributed by atoms with Crippen molar-refractivity contribution >= 4 is 17.1 Å². The van der Waals surface area contributed by atoms with Crippen LogP contribution in [0.4, 0.5) is 10.3 Å². The van der Waals surface area contributed by atoms with E-state index in [0.29, 0.717) is 5.75 Å². The number of nitrogens with one attached hydrogen (secondary N) is 2. The maximum atomic E-state index is 15.7. The first-order valence-corrected chi connectivity index (χ1v) is 13.4. The number of aliphatic hydroxyl groups is 2. The predicted octanol–water partition coefficient (Wildman–Crippen LogP) is 3.51. The lowest BCUT2D eigenvalue weighted by atomic mass is 9.77. The maximum absolute atomic E-state index is 15.7. The zero-order valence-electron chi connectivity index (χ0n) is 22.9. The molecule has 5 aromatic rings. The number of methoxy groups -OCH3 is 1. The van der Waals surface area contributed by atoms with Gasteiger partial charge in [0.15, 0.2) is 23.1 Å². The number of aliphatic hydroxyl groups excluding tert-OH is 2. The van der Waals surface area contributed by atoms with Crippen LogP contribution < -0.4 is 15.6 Å². The molecule has 1 aliphatic rings. The summed E-state index contributed by atoms with van der Waals surface area (Å²) >= 11 is 0. The number of hydrogen-bond acceptors (Lipinski definition) is 8. The summed E-state index contributed by atoms with van der Waals surface area (Å²) in [7, 11) is 1.60. The van der Waals surface area contributed by atoms with E-state index in [0.717, 1.165) is 16.7 Å². The second kappa shape index (κ2) is 10.7. The number of fused-ring (bicyclic) bond motifs is 1. The number of anilines is 1. The van der Waals surface area contributed by atoms with Gasteiger partial charge in [-0.3, -0.25) is 14.3 Å². The van der Waals surface area contributed by atoms with Crippen LogP contribution in [-0.4, -0.2) is 61.3 Å². The Hall–Kier alpha value is -4.58. The summed E-state index contributed by atoms with van der Waals surface area (Å²) in [5.74, 6) is 0.774. The number of rotatable bonds is 8. The first-order valence-electron chi connectivity index (χ1n) is 13.4. The first-order chi connectivity index (χ1) is 20.3. The predicted molar refractivity (Wildman–Crippen MR) is 154 cm³/mol. The topological polar surface area (TPSA) is 135 Å². The van der Waals surface area contributed by atoms with Gasteiger partial charge in [-0.25, -0.2) is 9.37 Å². The van der Waals surface area contributed by atoms with Crippen molar-refractivity contribution in [2.45, 2.75) is 36.6 Å². The molecular weight excluding hydrogens is 541 g/mol. The first kappa shape index (κ1) is 27.6. The molecule has 3 heterocycles. The van der Waals surface area contributed by atoms with Gasteiger partial charge < -0.3 is 25.0 Å². The third-order valence-electron chi connectivity index (χ3n) is 7.82. The number of ether oxygens (including phenoxy) is 2. The lowest BCUT2D eigenvalue weighted by Crippen LogP contribution is -2.40. The molecule has 6 rings (SSSR count). The van der Waals surface area contributed by atoms with Gasteiger partial charge in [-0.1, -0.05) is 72.8 Å². The van der Waals surface area contributed by atoms with Crippen molar-refractivity contribution in [3.05, 3.63) is 118 Å². The van der Waals surface area contributed by atoms with Crippen LogP contribution in [0.2, 0.25) is 0 Å². The molecule has 4 N–H and O–H groups in total. The minimum absolute atomic E-state index is 0.0312. The number of aromatic amines is 1. The number of hydrogen-bond donors (Lipinski definition) is 4. The van der Waals surface area contributed by atoms with Crippen molar-refractivity contribution in [1.29, 1.82) is 0 Å². The van der Waals surface area contributed by atoms with Crippen LogP contribution >= 0.6 is 0 Å². The van der Waals surface area contributed by atoms with Crippen LogP contribution in [0, 0.1) is 0 Å². The second-order valence-corrected chi connectivity index (χ2v) is 10.4. The van der Waals surface area contributed by atoms with Gasteiger partial charge in [-0.2, -0.15) is 4.98 Å². The number of benzene rings is 3. The van der Waals surface area contributed by atoms with E-state index in [1.807, 2.05) is 84.9 Å². The quantitative estimate of drug-likeness (QED) is 0.208. The highest BCUT2D eigenvalue weighted by Crippen LogP contribution is 2.43. The van der Waals surface area contributed by atoms with E-state index >= 15 is 4.39 Å². The Balaban J connectivity index is 1.55. The molecule has 0 aliphatic carbocycles. The summed E-state index contributed by atoms with van der Waals surface area (Å²) in [4.78, 5) is 24.9.